The van der Waals surface area contributed by atoms with E-state index in [0.29, 0.717) is 11.0 Å². The monoisotopic (exact) mass is 232 g/mol. The lowest BCUT2D eigenvalue weighted by Gasteiger charge is -2.26. The van der Waals surface area contributed by atoms with Crippen molar-refractivity contribution in [1.29, 1.82) is 0 Å². The summed E-state index contributed by atoms with van der Waals surface area (Å²) < 4.78 is 0. The van der Waals surface area contributed by atoms with Gasteiger partial charge in [-0.15, -0.1) is 0 Å². The molecule has 1 saturated heterocycles. The molecular formula is C9H16N2OS2. The van der Waals surface area contributed by atoms with Crippen molar-refractivity contribution in [3.63, 3.8) is 0 Å². The summed E-state index contributed by atoms with van der Waals surface area (Å²) in [6.07, 6.45) is 1.28. The minimum atomic E-state index is 0.0764. The molecule has 5 heteroatoms. The number of rotatable bonds is 2. The second-order valence-electron chi connectivity index (χ2n) is 3.48. The molecular weight excluding hydrogens is 216 g/mol. The lowest BCUT2D eigenvalue weighted by Crippen LogP contribution is -2.40. The molecule has 1 aliphatic heterocycles. The Morgan fingerprint density at radius 2 is 2.36 bits per heavy atom. The summed E-state index contributed by atoms with van der Waals surface area (Å²) in [6.45, 7) is 2.91. The van der Waals surface area contributed by atoms with Crippen molar-refractivity contribution in [1.82, 2.24) is 4.90 Å². The standard InChI is InChI=1S/C9H16N2OS2/c1-7-2-4-14-5-3-11(7)9(12)6-8(10)13/h7H,2-6H2,1H3,(H2,10,13). The highest BCUT2D eigenvalue weighted by atomic mass is 32.2. The second-order valence-corrected chi connectivity index (χ2v) is 5.23. The second kappa shape index (κ2) is 5.56. The predicted molar refractivity (Wildman–Crippen MR) is 64.5 cm³/mol. The molecule has 1 fully saturated rings. The summed E-state index contributed by atoms with van der Waals surface area (Å²) >= 11 is 6.64. The topological polar surface area (TPSA) is 46.3 Å². The fraction of sp³-hybridized carbons (Fsp3) is 0.778. The van der Waals surface area contributed by atoms with Gasteiger partial charge in [-0.2, -0.15) is 11.8 Å². The normalized spacial score (nSPS) is 22.9. The maximum Gasteiger partial charge on any atom is 0.229 e. The molecule has 1 unspecified atom stereocenters. The van der Waals surface area contributed by atoms with Crippen molar-refractivity contribution in [3.8, 4) is 0 Å². The third kappa shape index (κ3) is 3.46. The van der Waals surface area contributed by atoms with Crippen LogP contribution in [0.3, 0.4) is 0 Å². The van der Waals surface area contributed by atoms with Gasteiger partial charge in [0.15, 0.2) is 0 Å². The molecule has 0 spiro atoms. The van der Waals surface area contributed by atoms with Crippen molar-refractivity contribution >= 4 is 34.9 Å². The fourth-order valence-electron chi connectivity index (χ4n) is 1.52. The molecule has 0 aromatic rings. The van der Waals surface area contributed by atoms with E-state index >= 15 is 0 Å². The van der Waals surface area contributed by atoms with Crippen molar-refractivity contribution in [2.24, 2.45) is 5.73 Å². The molecule has 0 saturated carbocycles. The van der Waals surface area contributed by atoms with Gasteiger partial charge in [-0.1, -0.05) is 12.2 Å². The van der Waals surface area contributed by atoms with E-state index in [0.717, 1.165) is 24.5 Å². The van der Waals surface area contributed by atoms with Gasteiger partial charge in [-0.05, 0) is 19.1 Å². The van der Waals surface area contributed by atoms with Crippen LogP contribution in [0, 0.1) is 0 Å². The minimum Gasteiger partial charge on any atom is -0.393 e. The van der Waals surface area contributed by atoms with Crippen LogP contribution in [0.25, 0.3) is 0 Å². The molecule has 1 heterocycles. The Hall–Kier alpha value is -0.290. The van der Waals surface area contributed by atoms with E-state index < -0.39 is 0 Å². The quantitative estimate of drug-likeness (QED) is 0.722. The van der Waals surface area contributed by atoms with Crippen LogP contribution in [0.5, 0.6) is 0 Å². The maximum absolute atomic E-state index is 11.7. The van der Waals surface area contributed by atoms with Gasteiger partial charge < -0.3 is 10.6 Å². The smallest absolute Gasteiger partial charge is 0.229 e. The first-order valence-electron chi connectivity index (χ1n) is 4.77. The molecule has 1 aliphatic rings. The average Bonchev–Trinajstić information content (AvgIpc) is 2.28. The van der Waals surface area contributed by atoms with Gasteiger partial charge in [0.1, 0.15) is 0 Å². The molecule has 0 aromatic carbocycles. The molecule has 14 heavy (non-hydrogen) atoms. The zero-order valence-electron chi connectivity index (χ0n) is 8.36. The summed E-state index contributed by atoms with van der Waals surface area (Å²) in [6, 6.07) is 0.326. The zero-order chi connectivity index (χ0) is 10.6. The van der Waals surface area contributed by atoms with E-state index in [9.17, 15) is 4.79 Å². The van der Waals surface area contributed by atoms with Gasteiger partial charge in [0.25, 0.3) is 0 Å². The average molecular weight is 232 g/mol. The third-order valence-corrected chi connectivity index (χ3v) is 3.47. The van der Waals surface area contributed by atoms with Crippen LogP contribution in [0.1, 0.15) is 19.8 Å². The SMILES string of the molecule is CC1CCSCCN1C(=O)CC(N)=S. The predicted octanol–water partition coefficient (Wildman–Crippen LogP) is 1.02. The Morgan fingerprint density at radius 1 is 1.64 bits per heavy atom. The van der Waals surface area contributed by atoms with Crippen molar-refractivity contribution in [3.05, 3.63) is 0 Å². The first-order chi connectivity index (χ1) is 6.61. The maximum atomic E-state index is 11.7. The van der Waals surface area contributed by atoms with Crippen LogP contribution in [-0.4, -0.2) is 39.9 Å². The Morgan fingerprint density at radius 3 is 3.00 bits per heavy atom. The number of hydrogen-bond acceptors (Lipinski definition) is 3. The number of thiocarbonyl (C=S) groups is 1. The van der Waals surface area contributed by atoms with Crippen molar-refractivity contribution in [2.45, 2.75) is 25.8 Å². The molecule has 0 aliphatic carbocycles. The van der Waals surface area contributed by atoms with Gasteiger partial charge in [0, 0.05) is 18.3 Å². The number of hydrogen-bond donors (Lipinski definition) is 1. The van der Waals surface area contributed by atoms with Crippen molar-refractivity contribution < 1.29 is 4.79 Å². The van der Waals surface area contributed by atoms with Crippen LogP contribution in [0.2, 0.25) is 0 Å². The van der Waals surface area contributed by atoms with E-state index in [2.05, 4.69) is 6.92 Å². The number of nitrogens with zero attached hydrogens (tertiary/aromatic N) is 1. The first kappa shape index (κ1) is 11.8. The highest BCUT2D eigenvalue weighted by Gasteiger charge is 2.21. The molecule has 0 aromatic heterocycles. The van der Waals surface area contributed by atoms with Crippen LogP contribution < -0.4 is 5.73 Å². The number of carbonyl (C=O) groups is 1. The Labute approximate surface area is 94.4 Å². The molecule has 0 bridgehead atoms. The molecule has 1 atom stereocenters. The van der Waals surface area contributed by atoms with Gasteiger partial charge in [-0.3, -0.25) is 4.79 Å². The summed E-state index contributed by atoms with van der Waals surface area (Å²) in [7, 11) is 0. The van der Waals surface area contributed by atoms with Crippen LogP contribution in [0.4, 0.5) is 0 Å². The largest absolute Gasteiger partial charge is 0.393 e. The molecule has 80 valence electrons. The van der Waals surface area contributed by atoms with Crippen LogP contribution in [0.15, 0.2) is 0 Å². The van der Waals surface area contributed by atoms with E-state index in [-0.39, 0.29) is 12.3 Å². The Kier molecular flexibility index (Phi) is 4.68. The van der Waals surface area contributed by atoms with Gasteiger partial charge in [0.05, 0.1) is 11.4 Å². The van der Waals surface area contributed by atoms with Gasteiger partial charge in [0.2, 0.25) is 5.91 Å². The zero-order valence-corrected chi connectivity index (χ0v) is 10.00. The van der Waals surface area contributed by atoms with Gasteiger partial charge in [-0.25, -0.2) is 0 Å². The molecule has 0 radical (unpaired) electrons. The van der Waals surface area contributed by atoms with E-state index in [1.165, 1.54) is 0 Å². The third-order valence-electron chi connectivity index (χ3n) is 2.33. The van der Waals surface area contributed by atoms with Gasteiger partial charge >= 0.3 is 0 Å². The summed E-state index contributed by atoms with van der Waals surface area (Å²) in [5, 5.41) is 0. The lowest BCUT2D eigenvalue weighted by atomic mass is 10.2. The molecule has 3 nitrogen and oxygen atoms in total. The van der Waals surface area contributed by atoms with E-state index in [1.807, 2.05) is 16.7 Å². The minimum absolute atomic E-state index is 0.0764. The highest BCUT2D eigenvalue weighted by Crippen LogP contribution is 2.16. The van der Waals surface area contributed by atoms with Crippen LogP contribution in [-0.2, 0) is 4.79 Å². The molecule has 1 amide bonds. The highest BCUT2D eigenvalue weighted by molar-refractivity contribution is 7.99. The lowest BCUT2D eigenvalue weighted by molar-refractivity contribution is -0.131. The molecule has 2 N–H and O–H groups in total. The Balaban J connectivity index is 2.54. The Bertz CT molecular complexity index is 233. The fourth-order valence-corrected chi connectivity index (χ4v) is 2.68. The number of thioether (sulfide) groups is 1. The summed E-state index contributed by atoms with van der Waals surface area (Å²) in [4.78, 5) is 13.9. The number of amides is 1. The van der Waals surface area contributed by atoms with Crippen LogP contribution >= 0.6 is 24.0 Å². The first-order valence-corrected chi connectivity index (χ1v) is 6.33. The van der Waals surface area contributed by atoms with E-state index in [4.69, 9.17) is 18.0 Å². The summed E-state index contributed by atoms with van der Waals surface area (Å²) in [5.74, 6) is 2.23. The number of carbonyl (C=O) groups excluding carboxylic acids is 1. The van der Waals surface area contributed by atoms with E-state index in [1.54, 1.807) is 0 Å². The van der Waals surface area contributed by atoms with Crippen molar-refractivity contribution in [2.75, 3.05) is 18.1 Å². The molecule has 1 rings (SSSR count). The summed E-state index contributed by atoms with van der Waals surface area (Å²) in [5.41, 5.74) is 5.36. The number of nitrogens with two attached hydrogens (primary N) is 1.